The van der Waals surface area contributed by atoms with Crippen LogP contribution in [-0.4, -0.2) is 29.9 Å². The number of anilines is 1. The average Bonchev–Trinajstić information content (AvgIpc) is 3.49. The lowest BCUT2D eigenvalue weighted by Crippen LogP contribution is -2.45. The summed E-state index contributed by atoms with van der Waals surface area (Å²) < 4.78 is 5.31. The molecular formula is C21H28N2O4. The largest absolute Gasteiger partial charge is 0.449 e. The molecule has 27 heavy (non-hydrogen) atoms. The van der Waals surface area contributed by atoms with Crippen LogP contribution in [0.2, 0.25) is 0 Å². The van der Waals surface area contributed by atoms with Gasteiger partial charge in [-0.2, -0.15) is 0 Å². The Balaban J connectivity index is 1.49. The summed E-state index contributed by atoms with van der Waals surface area (Å²) in [6.45, 7) is 3.73. The van der Waals surface area contributed by atoms with E-state index < -0.39 is 12.1 Å². The van der Waals surface area contributed by atoms with Gasteiger partial charge in [0.25, 0.3) is 5.91 Å². The molecule has 3 atom stereocenters. The van der Waals surface area contributed by atoms with Crippen molar-refractivity contribution in [3.63, 3.8) is 0 Å². The van der Waals surface area contributed by atoms with Gasteiger partial charge in [-0.1, -0.05) is 19.8 Å². The summed E-state index contributed by atoms with van der Waals surface area (Å²) in [6.07, 6.45) is 5.44. The Morgan fingerprint density at radius 1 is 1.04 bits per heavy atom. The number of ether oxygens (including phenoxy) is 1. The first-order valence-electron chi connectivity index (χ1n) is 9.86. The second-order valence-corrected chi connectivity index (χ2v) is 7.77. The Morgan fingerprint density at radius 3 is 2.33 bits per heavy atom. The van der Waals surface area contributed by atoms with Crippen LogP contribution in [0.15, 0.2) is 24.3 Å². The van der Waals surface area contributed by atoms with Gasteiger partial charge in [0.05, 0.1) is 5.56 Å². The molecule has 2 fully saturated rings. The highest BCUT2D eigenvalue weighted by Crippen LogP contribution is 2.30. The molecule has 6 nitrogen and oxygen atoms in total. The predicted octanol–water partition coefficient (Wildman–Crippen LogP) is 3.28. The van der Waals surface area contributed by atoms with E-state index in [1.54, 1.807) is 31.2 Å². The number of amides is 2. The van der Waals surface area contributed by atoms with E-state index in [0.717, 1.165) is 32.1 Å². The fourth-order valence-electron chi connectivity index (χ4n) is 3.39. The zero-order valence-corrected chi connectivity index (χ0v) is 16.0. The molecule has 0 bridgehead atoms. The van der Waals surface area contributed by atoms with Crippen molar-refractivity contribution in [2.24, 2.45) is 11.8 Å². The summed E-state index contributed by atoms with van der Waals surface area (Å²) in [7, 11) is 0. The minimum atomic E-state index is -0.846. The second-order valence-electron chi connectivity index (χ2n) is 7.77. The van der Waals surface area contributed by atoms with Gasteiger partial charge in [-0.25, -0.2) is 4.79 Å². The normalized spacial score (nSPS) is 23.2. The van der Waals surface area contributed by atoms with E-state index in [0.29, 0.717) is 17.2 Å². The van der Waals surface area contributed by atoms with E-state index in [1.165, 1.54) is 6.42 Å². The summed E-state index contributed by atoms with van der Waals surface area (Å²) in [5.41, 5.74) is 1.01. The standard InChI is InChI=1S/C21H28N2O4/c1-13-5-3-4-6-18(13)23-19(24)14(2)27-21(26)16-9-11-17(12-10-16)22-20(25)15-7-8-15/h9-15,18H,3-8H2,1-2H3,(H,22,25)(H,23,24). The van der Waals surface area contributed by atoms with Crippen molar-refractivity contribution >= 4 is 23.5 Å². The number of carbonyl (C=O) groups excluding carboxylic acids is 3. The van der Waals surface area contributed by atoms with Crippen molar-refractivity contribution in [3.8, 4) is 0 Å². The molecule has 0 aromatic heterocycles. The van der Waals surface area contributed by atoms with Gasteiger partial charge in [0.15, 0.2) is 6.10 Å². The first kappa shape index (κ1) is 19.4. The third kappa shape index (κ3) is 5.31. The molecule has 2 aliphatic rings. The van der Waals surface area contributed by atoms with Crippen molar-refractivity contribution in [1.82, 2.24) is 5.32 Å². The van der Waals surface area contributed by atoms with Crippen molar-refractivity contribution in [3.05, 3.63) is 29.8 Å². The van der Waals surface area contributed by atoms with E-state index in [4.69, 9.17) is 4.74 Å². The maximum atomic E-state index is 12.3. The molecular weight excluding hydrogens is 344 g/mol. The van der Waals surface area contributed by atoms with Gasteiger partial charge in [-0.3, -0.25) is 9.59 Å². The Hall–Kier alpha value is -2.37. The molecule has 2 amide bonds. The lowest BCUT2D eigenvalue weighted by Gasteiger charge is -2.30. The van der Waals surface area contributed by atoms with Gasteiger partial charge in [0.2, 0.25) is 5.91 Å². The average molecular weight is 372 g/mol. The lowest BCUT2D eigenvalue weighted by molar-refractivity contribution is -0.130. The maximum Gasteiger partial charge on any atom is 0.338 e. The van der Waals surface area contributed by atoms with Crippen LogP contribution in [0.3, 0.4) is 0 Å². The molecule has 2 saturated carbocycles. The highest BCUT2D eigenvalue weighted by atomic mass is 16.5. The smallest absolute Gasteiger partial charge is 0.338 e. The topological polar surface area (TPSA) is 84.5 Å². The molecule has 2 N–H and O–H groups in total. The molecule has 146 valence electrons. The van der Waals surface area contributed by atoms with Crippen LogP contribution in [0, 0.1) is 11.8 Å². The van der Waals surface area contributed by atoms with Crippen LogP contribution in [0.4, 0.5) is 5.69 Å². The fourth-order valence-corrected chi connectivity index (χ4v) is 3.39. The first-order valence-corrected chi connectivity index (χ1v) is 9.86. The summed E-state index contributed by atoms with van der Waals surface area (Å²) in [6, 6.07) is 6.69. The predicted molar refractivity (Wildman–Crippen MR) is 102 cm³/mol. The Bertz CT molecular complexity index is 697. The van der Waals surface area contributed by atoms with E-state index in [2.05, 4.69) is 17.6 Å². The molecule has 0 aliphatic heterocycles. The second kappa shape index (κ2) is 8.55. The van der Waals surface area contributed by atoms with Crippen LogP contribution in [0.1, 0.15) is 62.7 Å². The van der Waals surface area contributed by atoms with Crippen LogP contribution in [-0.2, 0) is 14.3 Å². The third-order valence-corrected chi connectivity index (χ3v) is 5.43. The highest BCUT2D eigenvalue weighted by molar-refractivity contribution is 5.95. The first-order chi connectivity index (χ1) is 12.9. The summed E-state index contributed by atoms with van der Waals surface area (Å²) in [5, 5.41) is 5.83. The van der Waals surface area contributed by atoms with Gasteiger partial charge in [-0.05, 0) is 62.8 Å². The number of hydrogen-bond acceptors (Lipinski definition) is 4. The van der Waals surface area contributed by atoms with Crippen molar-refractivity contribution in [1.29, 1.82) is 0 Å². The molecule has 0 spiro atoms. The number of carbonyl (C=O) groups is 3. The number of rotatable bonds is 6. The summed E-state index contributed by atoms with van der Waals surface area (Å²) >= 11 is 0. The molecule has 2 aliphatic carbocycles. The van der Waals surface area contributed by atoms with E-state index >= 15 is 0 Å². The van der Waals surface area contributed by atoms with Gasteiger partial charge in [-0.15, -0.1) is 0 Å². The zero-order valence-electron chi connectivity index (χ0n) is 16.0. The number of benzene rings is 1. The molecule has 1 aromatic carbocycles. The van der Waals surface area contributed by atoms with Crippen LogP contribution in [0.25, 0.3) is 0 Å². The van der Waals surface area contributed by atoms with Crippen LogP contribution < -0.4 is 10.6 Å². The minimum absolute atomic E-state index is 0.0209. The quantitative estimate of drug-likeness (QED) is 0.751. The molecule has 1 aromatic rings. The van der Waals surface area contributed by atoms with Crippen LogP contribution >= 0.6 is 0 Å². The van der Waals surface area contributed by atoms with Gasteiger partial charge < -0.3 is 15.4 Å². The Kier molecular flexibility index (Phi) is 6.14. The molecule has 0 radical (unpaired) electrons. The van der Waals surface area contributed by atoms with Gasteiger partial charge >= 0.3 is 5.97 Å². The minimum Gasteiger partial charge on any atom is -0.449 e. The monoisotopic (exact) mass is 372 g/mol. The van der Waals surface area contributed by atoms with E-state index in [-0.39, 0.29) is 23.8 Å². The number of nitrogens with one attached hydrogen (secondary N) is 2. The highest BCUT2D eigenvalue weighted by Gasteiger charge is 2.29. The molecule has 0 saturated heterocycles. The lowest BCUT2D eigenvalue weighted by atomic mass is 9.86. The number of esters is 1. The van der Waals surface area contributed by atoms with Crippen LogP contribution in [0.5, 0.6) is 0 Å². The summed E-state index contributed by atoms with van der Waals surface area (Å²) in [4.78, 5) is 36.4. The van der Waals surface area contributed by atoms with Gasteiger partial charge in [0.1, 0.15) is 0 Å². The SMILES string of the molecule is CC(OC(=O)c1ccc(NC(=O)C2CC2)cc1)C(=O)NC1CCCCC1C. The molecule has 0 heterocycles. The van der Waals surface area contributed by atoms with Gasteiger partial charge in [0, 0.05) is 17.6 Å². The van der Waals surface area contributed by atoms with E-state index in [9.17, 15) is 14.4 Å². The third-order valence-electron chi connectivity index (χ3n) is 5.43. The van der Waals surface area contributed by atoms with Crippen molar-refractivity contribution in [2.75, 3.05) is 5.32 Å². The Morgan fingerprint density at radius 2 is 1.70 bits per heavy atom. The maximum absolute atomic E-state index is 12.3. The van der Waals surface area contributed by atoms with Crippen molar-refractivity contribution in [2.45, 2.75) is 64.5 Å². The summed E-state index contributed by atoms with van der Waals surface area (Å²) in [5.74, 6) is -0.206. The van der Waals surface area contributed by atoms with Crippen molar-refractivity contribution < 1.29 is 19.1 Å². The molecule has 6 heteroatoms. The number of hydrogen-bond donors (Lipinski definition) is 2. The Labute approximate surface area is 160 Å². The molecule has 3 unspecified atom stereocenters. The zero-order chi connectivity index (χ0) is 19.4. The fraction of sp³-hybridized carbons (Fsp3) is 0.571. The van der Waals surface area contributed by atoms with E-state index in [1.807, 2.05) is 0 Å². The molecule has 3 rings (SSSR count).